The van der Waals surface area contributed by atoms with Crippen LogP contribution >= 0.6 is 0 Å². The summed E-state index contributed by atoms with van der Waals surface area (Å²) in [7, 11) is 0. The summed E-state index contributed by atoms with van der Waals surface area (Å²) in [5.74, 6) is -0.296. The second-order valence-corrected chi connectivity index (χ2v) is 4.62. The predicted molar refractivity (Wildman–Crippen MR) is 79.4 cm³/mol. The van der Waals surface area contributed by atoms with Crippen LogP contribution in [0.25, 0.3) is 11.1 Å². The average molecular weight is 305 g/mol. The van der Waals surface area contributed by atoms with Crippen molar-refractivity contribution < 1.29 is 18.0 Å². The van der Waals surface area contributed by atoms with Gasteiger partial charge in [0.1, 0.15) is 0 Å². The minimum Gasteiger partial charge on any atom is -0.349 e. The molecule has 0 aromatic heterocycles. The van der Waals surface area contributed by atoms with Crippen molar-refractivity contribution >= 4 is 5.91 Å². The second-order valence-electron chi connectivity index (χ2n) is 4.62. The van der Waals surface area contributed by atoms with E-state index in [4.69, 9.17) is 0 Å². The van der Waals surface area contributed by atoms with Crippen molar-refractivity contribution in [3.63, 3.8) is 0 Å². The van der Waals surface area contributed by atoms with E-state index in [1.54, 1.807) is 30.3 Å². The first kappa shape index (κ1) is 15.8. The summed E-state index contributed by atoms with van der Waals surface area (Å²) in [5.41, 5.74) is 0.823. The number of carbonyl (C=O) groups is 1. The molecule has 0 radical (unpaired) electrons. The summed E-state index contributed by atoms with van der Waals surface area (Å²) in [6, 6.07) is 11.5. The highest BCUT2D eigenvalue weighted by Crippen LogP contribution is 2.31. The minimum absolute atomic E-state index is 0.296. The third-order valence-corrected chi connectivity index (χ3v) is 3.10. The Balaban J connectivity index is 2.37. The molecule has 0 heterocycles. The molecule has 1 amide bonds. The van der Waals surface area contributed by atoms with Crippen molar-refractivity contribution in [1.82, 2.24) is 5.32 Å². The lowest BCUT2D eigenvalue weighted by Crippen LogP contribution is -2.23. The van der Waals surface area contributed by atoms with Gasteiger partial charge in [-0.05, 0) is 29.3 Å². The second kappa shape index (κ2) is 6.47. The monoisotopic (exact) mass is 305 g/mol. The Hall–Kier alpha value is -2.56. The van der Waals surface area contributed by atoms with Crippen LogP contribution < -0.4 is 5.32 Å². The van der Waals surface area contributed by atoms with Gasteiger partial charge in [0.2, 0.25) is 0 Å². The smallest absolute Gasteiger partial charge is 0.349 e. The molecular weight excluding hydrogens is 291 g/mol. The molecule has 0 aliphatic heterocycles. The Labute approximate surface area is 126 Å². The molecule has 0 atom stereocenters. The fraction of sp³-hybridized carbons (Fsp3) is 0.118. The number of rotatable bonds is 4. The molecule has 2 aromatic rings. The molecule has 0 saturated heterocycles. The fourth-order valence-corrected chi connectivity index (χ4v) is 2.03. The highest BCUT2D eigenvalue weighted by atomic mass is 19.4. The van der Waals surface area contributed by atoms with Crippen LogP contribution in [0.15, 0.2) is 61.2 Å². The normalized spacial score (nSPS) is 11.0. The minimum atomic E-state index is -4.38. The topological polar surface area (TPSA) is 29.1 Å². The zero-order chi connectivity index (χ0) is 16.2. The van der Waals surface area contributed by atoms with Gasteiger partial charge < -0.3 is 5.32 Å². The third kappa shape index (κ3) is 3.55. The molecule has 0 aliphatic carbocycles. The van der Waals surface area contributed by atoms with E-state index >= 15 is 0 Å². The van der Waals surface area contributed by atoms with E-state index in [1.165, 1.54) is 12.1 Å². The van der Waals surface area contributed by atoms with Gasteiger partial charge >= 0.3 is 6.18 Å². The van der Waals surface area contributed by atoms with Crippen LogP contribution in [-0.2, 0) is 6.18 Å². The molecule has 0 bridgehead atoms. The van der Waals surface area contributed by atoms with Gasteiger partial charge in [-0.2, -0.15) is 13.2 Å². The van der Waals surface area contributed by atoms with Gasteiger partial charge in [0.05, 0.1) is 5.56 Å². The maximum atomic E-state index is 12.6. The van der Waals surface area contributed by atoms with Crippen LogP contribution in [0.3, 0.4) is 0 Å². The van der Waals surface area contributed by atoms with Crippen molar-refractivity contribution in [1.29, 1.82) is 0 Å². The van der Waals surface area contributed by atoms with E-state index in [9.17, 15) is 18.0 Å². The number of carbonyl (C=O) groups excluding carboxylic acids is 1. The van der Waals surface area contributed by atoms with E-state index < -0.39 is 11.7 Å². The van der Waals surface area contributed by atoms with Crippen molar-refractivity contribution in [2.75, 3.05) is 6.54 Å². The lowest BCUT2D eigenvalue weighted by atomic mass is 9.98. The maximum absolute atomic E-state index is 12.6. The molecule has 0 aliphatic rings. The number of amides is 1. The molecule has 0 saturated carbocycles. The highest BCUT2D eigenvalue weighted by Gasteiger charge is 2.30. The first-order valence-corrected chi connectivity index (χ1v) is 6.59. The maximum Gasteiger partial charge on any atom is 0.416 e. The van der Waals surface area contributed by atoms with Gasteiger partial charge in [0.25, 0.3) is 5.91 Å². The molecule has 0 spiro atoms. The van der Waals surface area contributed by atoms with Gasteiger partial charge in [-0.3, -0.25) is 4.79 Å². The lowest BCUT2D eigenvalue weighted by Gasteiger charge is -2.11. The largest absolute Gasteiger partial charge is 0.416 e. The van der Waals surface area contributed by atoms with Crippen molar-refractivity contribution in [3.05, 3.63) is 72.3 Å². The fourth-order valence-electron chi connectivity index (χ4n) is 2.03. The molecule has 5 heteroatoms. The van der Waals surface area contributed by atoms with E-state index in [2.05, 4.69) is 11.9 Å². The molecule has 1 N–H and O–H groups in total. The Morgan fingerprint density at radius 1 is 1.09 bits per heavy atom. The number of nitrogens with one attached hydrogen (secondary N) is 1. The van der Waals surface area contributed by atoms with Crippen molar-refractivity contribution in [2.24, 2.45) is 0 Å². The first-order chi connectivity index (χ1) is 10.4. The van der Waals surface area contributed by atoms with E-state index in [1.807, 2.05) is 0 Å². The molecule has 2 rings (SSSR count). The zero-order valence-electron chi connectivity index (χ0n) is 11.7. The molecular formula is C17H14F3NO. The summed E-state index contributed by atoms with van der Waals surface area (Å²) < 4.78 is 37.8. The van der Waals surface area contributed by atoms with E-state index in [-0.39, 0.29) is 5.91 Å². The SMILES string of the molecule is C=CCNC(=O)c1ccccc1-c1ccc(C(F)(F)F)cc1. The number of benzene rings is 2. The molecule has 22 heavy (non-hydrogen) atoms. The predicted octanol–water partition coefficient (Wildman–Crippen LogP) is 4.29. The molecule has 0 fully saturated rings. The number of hydrogen-bond donors (Lipinski definition) is 1. The molecule has 0 unspecified atom stereocenters. The lowest BCUT2D eigenvalue weighted by molar-refractivity contribution is -0.137. The van der Waals surface area contributed by atoms with Crippen molar-refractivity contribution in [2.45, 2.75) is 6.18 Å². The van der Waals surface area contributed by atoms with Crippen LogP contribution in [-0.4, -0.2) is 12.5 Å². The number of hydrogen-bond acceptors (Lipinski definition) is 1. The average Bonchev–Trinajstić information content (AvgIpc) is 2.52. The highest BCUT2D eigenvalue weighted by molar-refractivity contribution is 6.00. The summed E-state index contributed by atoms with van der Waals surface area (Å²) in [6.45, 7) is 3.84. The van der Waals surface area contributed by atoms with E-state index in [0.29, 0.717) is 23.2 Å². The third-order valence-electron chi connectivity index (χ3n) is 3.10. The molecule has 2 aromatic carbocycles. The Morgan fingerprint density at radius 3 is 2.32 bits per heavy atom. The van der Waals surface area contributed by atoms with Crippen LogP contribution in [0.2, 0.25) is 0 Å². The summed E-state index contributed by atoms with van der Waals surface area (Å²) in [5, 5.41) is 2.66. The van der Waals surface area contributed by atoms with Gasteiger partial charge in [-0.1, -0.05) is 36.4 Å². The molecule has 114 valence electrons. The van der Waals surface area contributed by atoms with Gasteiger partial charge in [0.15, 0.2) is 0 Å². The quantitative estimate of drug-likeness (QED) is 0.839. The number of alkyl halides is 3. The standard InChI is InChI=1S/C17H14F3NO/c1-2-11-21-16(22)15-6-4-3-5-14(15)12-7-9-13(10-8-12)17(18,19)20/h2-10H,1,11H2,(H,21,22). The van der Waals surface area contributed by atoms with Gasteiger partial charge in [-0.15, -0.1) is 6.58 Å². The summed E-state index contributed by atoms with van der Waals surface area (Å²) >= 11 is 0. The van der Waals surface area contributed by atoms with Crippen molar-refractivity contribution in [3.8, 4) is 11.1 Å². The summed E-state index contributed by atoms with van der Waals surface area (Å²) in [6.07, 6.45) is -2.82. The van der Waals surface area contributed by atoms with Crippen LogP contribution in [0.5, 0.6) is 0 Å². The Morgan fingerprint density at radius 2 is 1.73 bits per heavy atom. The van der Waals surface area contributed by atoms with Crippen LogP contribution in [0.1, 0.15) is 15.9 Å². The zero-order valence-corrected chi connectivity index (χ0v) is 11.7. The number of halogens is 3. The first-order valence-electron chi connectivity index (χ1n) is 6.59. The van der Waals surface area contributed by atoms with Gasteiger partial charge in [-0.25, -0.2) is 0 Å². The Kier molecular flexibility index (Phi) is 4.65. The van der Waals surface area contributed by atoms with Crippen LogP contribution in [0, 0.1) is 0 Å². The van der Waals surface area contributed by atoms with Crippen LogP contribution in [0.4, 0.5) is 13.2 Å². The summed E-state index contributed by atoms with van der Waals surface area (Å²) in [4.78, 5) is 12.1. The van der Waals surface area contributed by atoms with E-state index in [0.717, 1.165) is 12.1 Å². The Bertz CT molecular complexity index is 675. The van der Waals surface area contributed by atoms with Gasteiger partial charge in [0, 0.05) is 12.1 Å². The molecule has 2 nitrogen and oxygen atoms in total.